The zero-order valence-corrected chi connectivity index (χ0v) is 31.8. The molecule has 0 radical (unpaired) electrons. The first kappa shape index (κ1) is 42.7. The van der Waals surface area contributed by atoms with Crippen LogP contribution in [0.25, 0.3) is 0 Å². The van der Waals surface area contributed by atoms with Crippen LogP contribution < -0.4 is 37.8 Å². The van der Waals surface area contributed by atoms with Crippen molar-refractivity contribution in [3.8, 4) is 23.0 Å². The summed E-state index contributed by atoms with van der Waals surface area (Å²) in [4.78, 5) is 0. The Hall–Kier alpha value is -3.69. The van der Waals surface area contributed by atoms with E-state index in [0.29, 0.717) is 30.3 Å². The Morgan fingerprint density at radius 1 is 0.769 bits per heavy atom. The van der Waals surface area contributed by atoms with Crippen molar-refractivity contribution < 1.29 is 64.1 Å². The Balaban J connectivity index is 0.000000356. The molecule has 278 valence electrons. The molecule has 0 spiro atoms. The van der Waals surface area contributed by atoms with Crippen molar-refractivity contribution >= 4 is 21.6 Å². The van der Waals surface area contributed by atoms with Gasteiger partial charge in [-0.3, -0.25) is 5.10 Å². The third-order valence-electron chi connectivity index (χ3n) is 8.16. The molecule has 2 aliphatic rings. The second kappa shape index (κ2) is 21.7. The molecule has 0 bridgehead atoms. The van der Waals surface area contributed by atoms with Crippen LogP contribution in [0.15, 0.2) is 66.0 Å². The van der Waals surface area contributed by atoms with E-state index in [0.717, 1.165) is 43.4 Å². The molecule has 2 atom stereocenters. The summed E-state index contributed by atoms with van der Waals surface area (Å²) < 4.78 is 81.8. The first-order valence-electron chi connectivity index (χ1n) is 16.3. The van der Waals surface area contributed by atoms with Crippen LogP contribution in [-0.2, 0) is 44.2 Å². The predicted octanol–water partition coefficient (Wildman–Crippen LogP) is 1.72. The summed E-state index contributed by atoms with van der Waals surface area (Å²) >= 11 is -0.750. The Kier molecular flexibility index (Phi) is 17.9. The second-order valence-corrected chi connectivity index (χ2v) is 13.4. The molecule has 4 aromatic rings. The van der Waals surface area contributed by atoms with Gasteiger partial charge in [0, 0.05) is 26.3 Å². The number of hydrogen-bond donors (Lipinski definition) is 0. The summed E-state index contributed by atoms with van der Waals surface area (Å²) in [5.41, 5.74) is 1.64. The average Bonchev–Trinajstić information content (AvgIpc) is 3.85. The molecule has 2 aliphatic heterocycles. The van der Waals surface area contributed by atoms with E-state index < -0.39 is 27.8 Å². The molecule has 0 saturated carbocycles. The number of sulfonamides is 1. The first-order chi connectivity index (χ1) is 24.8. The van der Waals surface area contributed by atoms with E-state index in [9.17, 15) is 8.42 Å². The summed E-state index contributed by atoms with van der Waals surface area (Å²) in [6.45, 7) is 1.69. The Morgan fingerprint density at radius 3 is 1.71 bits per heavy atom. The number of nitrogens with zero attached hydrogens (tertiary/aromatic N) is 5. The van der Waals surface area contributed by atoms with Gasteiger partial charge in [-0.15, -0.1) is 6.20 Å². The topological polar surface area (TPSA) is 163 Å². The normalized spacial score (nSPS) is 16.9. The van der Waals surface area contributed by atoms with Gasteiger partial charge in [0.25, 0.3) is 10.0 Å². The van der Waals surface area contributed by atoms with Crippen LogP contribution in [0.5, 0.6) is 23.0 Å². The molecular formula is C34H44LiN5O10S2. The van der Waals surface area contributed by atoms with Gasteiger partial charge >= 0.3 is 30.4 Å². The molecule has 4 heterocycles. The van der Waals surface area contributed by atoms with Gasteiger partial charge < -0.3 is 33.1 Å². The average molecular weight is 754 g/mol. The smallest absolute Gasteiger partial charge is 0.532 e. The van der Waals surface area contributed by atoms with E-state index in [1.807, 2.05) is 48.5 Å². The van der Waals surface area contributed by atoms with Crippen molar-refractivity contribution in [2.45, 2.75) is 69.1 Å². The zero-order chi connectivity index (χ0) is 36.6. The molecule has 18 heteroatoms. The molecule has 0 aliphatic carbocycles. The number of ether oxygens (including phenoxy) is 6. The monoisotopic (exact) mass is 753 g/mol. The van der Waals surface area contributed by atoms with Gasteiger partial charge in [0.05, 0.1) is 34.6 Å². The minimum absolute atomic E-state index is 0. The molecule has 0 N–H and O–H groups in total. The summed E-state index contributed by atoms with van der Waals surface area (Å²) in [6, 6.07) is 14.7. The van der Waals surface area contributed by atoms with Crippen LogP contribution >= 0.6 is 0 Å². The quantitative estimate of drug-likeness (QED) is 0.152. The number of rotatable bonds is 12. The van der Waals surface area contributed by atoms with Gasteiger partial charge in [0.2, 0.25) is 5.03 Å². The van der Waals surface area contributed by atoms with Crippen molar-refractivity contribution in [3.63, 3.8) is 0 Å². The summed E-state index contributed by atoms with van der Waals surface area (Å²) in [5, 5.41) is 8.46. The van der Waals surface area contributed by atoms with Crippen LogP contribution in [0, 0.1) is 6.20 Å². The van der Waals surface area contributed by atoms with E-state index in [-0.39, 0.29) is 49.0 Å². The van der Waals surface area contributed by atoms with Gasteiger partial charge in [-0.25, -0.2) is 13.1 Å². The number of hydrogen-bond acceptors (Lipinski definition) is 12. The van der Waals surface area contributed by atoms with Gasteiger partial charge in [-0.1, -0.05) is 30.5 Å². The molecule has 52 heavy (non-hydrogen) atoms. The van der Waals surface area contributed by atoms with Crippen LogP contribution in [0.4, 0.5) is 0 Å². The maximum absolute atomic E-state index is 14.2. The fraction of sp³-hybridized carbons (Fsp3) is 0.471. The SMILES string of the molecule is COc1[c-]n(C2CCCCO2)nc1.COc1ccc(CN(Cc2ccc(OC)cc2)S(=O)(=O)c2c(OC)cnn2C2CCCCO2)cc1.O=S=O.[Li+]. The van der Waals surface area contributed by atoms with E-state index >= 15 is 0 Å². The van der Waals surface area contributed by atoms with Gasteiger partial charge in [-0.2, -0.15) is 17.8 Å². The maximum atomic E-state index is 14.2. The molecule has 2 aromatic carbocycles. The third kappa shape index (κ3) is 11.7. The van der Waals surface area contributed by atoms with E-state index in [1.54, 1.807) is 32.2 Å². The van der Waals surface area contributed by atoms with Gasteiger partial charge in [0.1, 0.15) is 17.7 Å². The van der Waals surface area contributed by atoms with Gasteiger partial charge in [0.15, 0.2) is 12.0 Å². The molecule has 2 aromatic heterocycles. The largest absolute Gasteiger partial charge is 1.00 e. The molecule has 0 amide bonds. The minimum Gasteiger partial charge on any atom is -0.532 e. The molecule has 2 saturated heterocycles. The minimum atomic E-state index is -4.04. The Bertz CT molecular complexity index is 1720. The molecule has 2 unspecified atom stereocenters. The van der Waals surface area contributed by atoms with Crippen LogP contribution in [0.3, 0.4) is 0 Å². The zero-order valence-electron chi connectivity index (χ0n) is 30.1. The fourth-order valence-corrected chi connectivity index (χ4v) is 7.18. The van der Waals surface area contributed by atoms with Crippen molar-refractivity contribution in [1.29, 1.82) is 0 Å². The van der Waals surface area contributed by atoms with Crippen molar-refractivity contribution in [3.05, 3.63) is 78.2 Å². The van der Waals surface area contributed by atoms with Crippen LogP contribution in [0.1, 0.15) is 62.1 Å². The summed E-state index contributed by atoms with van der Waals surface area (Å²) in [7, 11) is 2.20. The molecular weight excluding hydrogens is 709 g/mol. The van der Waals surface area contributed by atoms with E-state index in [4.69, 9.17) is 36.8 Å². The van der Waals surface area contributed by atoms with Crippen molar-refractivity contribution in [1.82, 2.24) is 23.9 Å². The number of methoxy groups -OCH3 is 4. The standard InChI is InChI=1S/C25H31N3O6S.C9H13N2O2.Li.O2S/c1-31-21-11-7-19(8-12-21)17-27(18-20-9-13-22(32-2)14-10-20)35(29,30)25-23(33-3)16-26-28(25)24-6-4-5-15-34-24;1-12-8-6-10-11(7-8)9-4-2-3-5-13-9;;1-3-2/h7-14,16,24H,4-6,15,17-18H2,1-3H3;6,9H,2-5H2,1H3;;/q;-1;+1;. The van der Waals surface area contributed by atoms with E-state index in [2.05, 4.69) is 16.4 Å². The maximum Gasteiger partial charge on any atom is 1.00 e. The Labute approximate surface area is 320 Å². The summed E-state index contributed by atoms with van der Waals surface area (Å²) in [6.07, 6.45) is 11.6. The molecule has 2 fully saturated rings. The predicted molar refractivity (Wildman–Crippen MR) is 185 cm³/mol. The van der Waals surface area contributed by atoms with Crippen molar-refractivity contribution in [2.24, 2.45) is 0 Å². The molecule has 15 nitrogen and oxygen atoms in total. The number of benzene rings is 2. The first-order valence-corrected chi connectivity index (χ1v) is 18.4. The van der Waals surface area contributed by atoms with Crippen LogP contribution in [0.2, 0.25) is 0 Å². The van der Waals surface area contributed by atoms with Crippen molar-refractivity contribution in [2.75, 3.05) is 41.7 Å². The molecule has 6 rings (SSSR count). The number of aromatic nitrogens is 4. The Morgan fingerprint density at radius 2 is 1.29 bits per heavy atom. The van der Waals surface area contributed by atoms with Gasteiger partial charge in [-0.05, 0) is 79.7 Å². The van der Waals surface area contributed by atoms with E-state index in [1.165, 1.54) is 28.7 Å². The fourth-order valence-electron chi connectivity index (χ4n) is 5.51. The summed E-state index contributed by atoms with van der Waals surface area (Å²) in [5.74, 6) is 2.25. The second-order valence-electron chi connectivity index (χ2n) is 11.4. The third-order valence-corrected chi connectivity index (χ3v) is 9.97. The van der Waals surface area contributed by atoms with Crippen LogP contribution in [-0.4, -0.2) is 82.4 Å².